The molecular formula is C36H46N2O8. The third kappa shape index (κ3) is 7.79. The lowest BCUT2D eigenvalue weighted by atomic mass is 9.79. The Morgan fingerprint density at radius 3 is 2.54 bits per heavy atom. The van der Waals surface area contributed by atoms with Crippen LogP contribution in [0.3, 0.4) is 0 Å². The van der Waals surface area contributed by atoms with Crippen LogP contribution in [0.1, 0.15) is 95.0 Å². The Hall–Kier alpha value is -3.31. The van der Waals surface area contributed by atoms with Gasteiger partial charge in [0.2, 0.25) is 5.89 Å². The van der Waals surface area contributed by atoms with Gasteiger partial charge >= 0.3 is 5.97 Å². The highest BCUT2D eigenvalue weighted by Crippen LogP contribution is 2.39. The van der Waals surface area contributed by atoms with Crippen molar-refractivity contribution in [1.82, 2.24) is 9.97 Å². The molecule has 0 saturated carbocycles. The van der Waals surface area contributed by atoms with E-state index in [1.807, 2.05) is 31.2 Å². The van der Waals surface area contributed by atoms with Gasteiger partial charge in [-0.2, -0.15) is 0 Å². The summed E-state index contributed by atoms with van der Waals surface area (Å²) in [5, 5.41) is 10.7. The molecule has 1 N–H and O–H groups in total. The largest absolute Gasteiger partial charge is 0.458 e. The first-order valence-corrected chi connectivity index (χ1v) is 16.5. The van der Waals surface area contributed by atoms with E-state index in [1.54, 1.807) is 19.5 Å². The molecule has 2 aromatic rings. The number of nitrogens with zero attached hydrogens (tertiary/aromatic N) is 2. The summed E-state index contributed by atoms with van der Waals surface area (Å²) >= 11 is 0. The number of aliphatic hydroxyl groups excluding tert-OH is 1. The first kappa shape index (κ1) is 32.6. The lowest BCUT2D eigenvalue weighted by Gasteiger charge is -2.44. The monoisotopic (exact) mass is 634 g/mol. The topological polar surface area (TPSA) is 126 Å². The van der Waals surface area contributed by atoms with Gasteiger partial charge in [0.15, 0.2) is 5.89 Å². The number of rotatable bonds is 2. The first-order chi connectivity index (χ1) is 22.1. The van der Waals surface area contributed by atoms with Crippen molar-refractivity contribution in [1.29, 1.82) is 0 Å². The maximum atomic E-state index is 13.2. The fourth-order valence-electron chi connectivity index (χ4n) is 7.38. The number of esters is 1. The summed E-state index contributed by atoms with van der Waals surface area (Å²) in [6, 6.07) is 0. The number of hydrogen-bond donors (Lipinski definition) is 1. The fourth-order valence-corrected chi connectivity index (χ4v) is 7.38. The molecule has 2 aromatic heterocycles. The quantitative estimate of drug-likeness (QED) is 0.290. The maximum absolute atomic E-state index is 13.2. The highest BCUT2D eigenvalue weighted by molar-refractivity contribution is 5.82. The SMILES string of the molecule is C=C1C[C@@H]2C[C@@H]3C[C@@H](O)C[C@@H](O3)c3coc(n3)C=CC[C@H]3O[C@@H](C(C)=Cc4coc(C)n4)[C@H](C)[C@@H](OC(=O)C=CC[C@@H](C1)O2)[C@H]3C. The number of carbonyl (C=O) groups is 1. The van der Waals surface area contributed by atoms with Crippen LogP contribution in [0, 0.1) is 18.8 Å². The summed E-state index contributed by atoms with van der Waals surface area (Å²) in [4.78, 5) is 22.3. The molecule has 0 spiro atoms. The molecule has 3 fully saturated rings. The zero-order chi connectivity index (χ0) is 32.4. The molecule has 3 saturated heterocycles. The Labute approximate surface area is 270 Å². The highest BCUT2D eigenvalue weighted by Gasteiger charge is 2.44. The van der Waals surface area contributed by atoms with Crippen LogP contribution in [0.15, 0.2) is 57.3 Å². The van der Waals surface area contributed by atoms with Crippen molar-refractivity contribution in [2.75, 3.05) is 0 Å². The van der Waals surface area contributed by atoms with Crippen molar-refractivity contribution in [3.05, 3.63) is 71.6 Å². The molecule has 6 rings (SSSR count). The average molecular weight is 635 g/mol. The molecule has 4 aliphatic rings. The molecule has 0 aliphatic carbocycles. The van der Waals surface area contributed by atoms with E-state index in [0.717, 1.165) is 29.7 Å². The van der Waals surface area contributed by atoms with Crippen LogP contribution in [0.25, 0.3) is 12.2 Å². The third-order valence-electron chi connectivity index (χ3n) is 9.61. The molecular weight excluding hydrogens is 588 g/mol. The normalized spacial score (nSPS) is 36.2. The second kappa shape index (κ2) is 14.2. The fraction of sp³-hybridized carbons (Fsp3) is 0.583. The summed E-state index contributed by atoms with van der Waals surface area (Å²) in [5.41, 5.74) is 3.47. The van der Waals surface area contributed by atoms with Crippen molar-refractivity contribution in [3.63, 3.8) is 0 Å². The number of ether oxygens (including phenoxy) is 4. The Kier molecular flexibility index (Phi) is 10.1. The molecule has 10 atom stereocenters. The van der Waals surface area contributed by atoms with Gasteiger partial charge in [0.25, 0.3) is 0 Å². The minimum absolute atomic E-state index is 0.0793. The second-order valence-electron chi connectivity index (χ2n) is 13.4. The lowest BCUT2D eigenvalue weighted by Crippen LogP contribution is -2.50. The minimum Gasteiger partial charge on any atom is -0.458 e. The van der Waals surface area contributed by atoms with Gasteiger partial charge in [0.05, 0.1) is 36.6 Å². The molecule has 4 aliphatic heterocycles. The predicted molar refractivity (Wildman–Crippen MR) is 170 cm³/mol. The van der Waals surface area contributed by atoms with Crippen molar-refractivity contribution in [2.24, 2.45) is 11.8 Å². The van der Waals surface area contributed by atoms with Gasteiger partial charge in [-0.3, -0.25) is 0 Å². The first-order valence-electron chi connectivity index (χ1n) is 16.5. The van der Waals surface area contributed by atoms with Crippen molar-refractivity contribution >= 4 is 18.1 Å². The Bertz CT molecular complexity index is 1470. The van der Waals surface area contributed by atoms with Gasteiger partial charge in [0.1, 0.15) is 36.1 Å². The second-order valence-corrected chi connectivity index (χ2v) is 13.4. The molecule has 0 radical (unpaired) electrons. The zero-order valence-electron chi connectivity index (χ0n) is 27.2. The van der Waals surface area contributed by atoms with E-state index in [-0.39, 0.29) is 60.5 Å². The standard InChI is InChI=1S/C36H46N2O8/c1-20-12-27-8-6-11-34(40)46-36-22(3)31(45-35(23(36)4)21(2)14-25-18-41-24(5)37-25)9-7-10-33-38-30(19-42-33)32-16-26(39)15-29(44-32)17-28(13-20)43-27/h6-7,10-11,14,18-19,22-23,26-29,31-32,35-36,39H,1,8-9,12-13,15-17H2,2-5H3/t22-,23-,26+,27-,28+,29-,31+,32+,35-,36-/m0/s1. The number of oxazole rings is 2. The van der Waals surface area contributed by atoms with E-state index in [0.29, 0.717) is 49.6 Å². The number of aliphatic hydroxyl groups is 1. The van der Waals surface area contributed by atoms with Gasteiger partial charge in [-0.05, 0) is 56.8 Å². The smallest absolute Gasteiger partial charge is 0.330 e. The number of aromatic nitrogens is 2. The van der Waals surface area contributed by atoms with Crippen molar-refractivity contribution in [3.8, 4) is 0 Å². The Morgan fingerprint density at radius 1 is 0.935 bits per heavy atom. The van der Waals surface area contributed by atoms with Crippen LogP contribution in [0.4, 0.5) is 0 Å². The van der Waals surface area contributed by atoms with Crippen LogP contribution in [-0.4, -0.2) is 63.8 Å². The van der Waals surface area contributed by atoms with E-state index in [2.05, 4.69) is 30.4 Å². The van der Waals surface area contributed by atoms with Gasteiger partial charge < -0.3 is 32.9 Å². The van der Waals surface area contributed by atoms with E-state index < -0.39 is 6.10 Å². The molecule has 10 nitrogen and oxygen atoms in total. The number of carbonyl (C=O) groups excluding carboxylic acids is 1. The lowest BCUT2D eigenvalue weighted by molar-refractivity contribution is -0.179. The van der Waals surface area contributed by atoms with E-state index in [4.69, 9.17) is 27.8 Å². The van der Waals surface area contributed by atoms with Crippen LogP contribution in [-0.2, 0) is 23.7 Å². The van der Waals surface area contributed by atoms with Gasteiger partial charge in [-0.1, -0.05) is 38.2 Å². The van der Waals surface area contributed by atoms with Crippen molar-refractivity contribution in [2.45, 2.75) is 121 Å². The van der Waals surface area contributed by atoms with Gasteiger partial charge in [-0.25, -0.2) is 14.8 Å². The molecule has 0 aromatic carbocycles. The summed E-state index contributed by atoms with van der Waals surface area (Å²) in [7, 11) is 0. The van der Waals surface area contributed by atoms with E-state index in [9.17, 15) is 9.90 Å². The Morgan fingerprint density at radius 2 is 1.74 bits per heavy atom. The number of fused-ring (bicyclic) bond motifs is 9. The summed E-state index contributed by atoms with van der Waals surface area (Å²) < 4.78 is 36.9. The molecule has 8 bridgehead atoms. The average Bonchev–Trinajstić information content (AvgIpc) is 3.64. The Balaban J connectivity index is 1.27. The molecule has 6 heterocycles. The van der Waals surface area contributed by atoms with E-state index in [1.165, 1.54) is 6.08 Å². The van der Waals surface area contributed by atoms with Crippen LogP contribution < -0.4 is 0 Å². The molecule has 248 valence electrons. The molecule has 10 heteroatoms. The highest BCUT2D eigenvalue weighted by atomic mass is 16.6. The molecule has 0 unspecified atom stereocenters. The van der Waals surface area contributed by atoms with Crippen LogP contribution in [0.2, 0.25) is 0 Å². The van der Waals surface area contributed by atoms with E-state index >= 15 is 0 Å². The predicted octanol–water partition coefficient (Wildman–Crippen LogP) is 6.46. The van der Waals surface area contributed by atoms with Crippen LogP contribution in [0.5, 0.6) is 0 Å². The third-order valence-corrected chi connectivity index (χ3v) is 9.61. The molecule has 0 amide bonds. The maximum Gasteiger partial charge on any atom is 0.330 e. The van der Waals surface area contributed by atoms with Gasteiger partial charge in [0, 0.05) is 37.7 Å². The summed E-state index contributed by atoms with van der Waals surface area (Å²) in [6.07, 6.45) is 14.5. The zero-order valence-corrected chi connectivity index (χ0v) is 27.2. The summed E-state index contributed by atoms with van der Waals surface area (Å²) in [6.45, 7) is 12.2. The van der Waals surface area contributed by atoms with Crippen LogP contribution >= 0.6 is 0 Å². The van der Waals surface area contributed by atoms with Crippen molar-refractivity contribution < 1.29 is 37.7 Å². The number of hydrogen-bond acceptors (Lipinski definition) is 10. The summed E-state index contributed by atoms with van der Waals surface area (Å²) in [5.74, 6) is 0.479. The number of aryl methyl sites for hydroxylation is 1. The molecule has 46 heavy (non-hydrogen) atoms. The minimum atomic E-state index is -0.503. The van der Waals surface area contributed by atoms with Gasteiger partial charge in [-0.15, -0.1) is 0 Å².